The molecule has 1 aromatic heterocycles. The molecule has 1 heterocycles. The molecule has 1 N–H and O–H groups in total. The van der Waals surface area contributed by atoms with E-state index in [0.717, 1.165) is 10.8 Å². The molecule has 6 nitrogen and oxygen atoms in total. The predicted molar refractivity (Wildman–Crippen MR) is 96.5 cm³/mol. The summed E-state index contributed by atoms with van der Waals surface area (Å²) < 4.78 is 24.4. The highest BCUT2D eigenvalue weighted by atomic mass is 35.5. The highest BCUT2D eigenvalue weighted by Crippen LogP contribution is 2.29. The minimum Gasteiger partial charge on any atom is -0.497 e. The zero-order valence-corrected chi connectivity index (χ0v) is 15.0. The van der Waals surface area contributed by atoms with Gasteiger partial charge in [-0.25, -0.2) is 14.2 Å². The van der Waals surface area contributed by atoms with Gasteiger partial charge in [0.15, 0.2) is 11.7 Å². The van der Waals surface area contributed by atoms with Gasteiger partial charge >= 0.3 is 5.97 Å². The maximum absolute atomic E-state index is 13.6. The number of ether oxygens (including phenoxy) is 2. The minimum atomic E-state index is -1.02. The highest BCUT2D eigenvalue weighted by Gasteiger charge is 2.18. The second kappa shape index (κ2) is 7.67. The Balaban J connectivity index is 1.63. The second-order valence-electron chi connectivity index (χ2n) is 5.07. The quantitative estimate of drug-likeness (QED) is 0.664. The number of hydrogen-bond donors (Lipinski definition) is 1. The standard InChI is InChI=1S/C17H12ClFN2O4S/c1-24-9-5-6-12-13(7-9)26-17(20-12)21-14(22)8-25-16(23)15-10(18)3-2-4-11(15)19/h2-7H,8H2,1H3,(H,20,21,22). The van der Waals surface area contributed by atoms with Gasteiger partial charge in [-0.15, -0.1) is 0 Å². The van der Waals surface area contributed by atoms with Gasteiger partial charge in [0.05, 0.1) is 22.3 Å². The average molecular weight is 395 g/mol. The lowest BCUT2D eigenvalue weighted by Gasteiger charge is -2.06. The first-order chi connectivity index (χ1) is 12.5. The first-order valence-corrected chi connectivity index (χ1v) is 8.53. The number of rotatable bonds is 5. The fraction of sp³-hybridized carbons (Fsp3) is 0.118. The number of halogens is 2. The Hall–Kier alpha value is -2.71. The molecule has 3 aromatic rings. The lowest BCUT2D eigenvalue weighted by molar-refractivity contribution is -0.119. The van der Waals surface area contributed by atoms with E-state index in [9.17, 15) is 14.0 Å². The molecule has 0 aliphatic rings. The summed E-state index contributed by atoms with van der Waals surface area (Å²) in [5, 5.41) is 2.79. The Morgan fingerprint density at radius 3 is 2.85 bits per heavy atom. The normalized spacial score (nSPS) is 10.6. The van der Waals surface area contributed by atoms with E-state index in [1.54, 1.807) is 25.3 Å². The molecular weight excluding hydrogens is 383 g/mol. The number of thiazole rings is 1. The zero-order chi connectivity index (χ0) is 18.7. The molecule has 1 amide bonds. The first kappa shape index (κ1) is 18.1. The molecular formula is C17H12ClFN2O4S. The number of nitrogens with zero attached hydrogens (tertiary/aromatic N) is 1. The van der Waals surface area contributed by atoms with Crippen LogP contribution in [0.25, 0.3) is 10.2 Å². The van der Waals surface area contributed by atoms with E-state index < -0.39 is 29.9 Å². The van der Waals surface area contributed by atoms with Gasteiger partial charge in [0.25, 0.3) is 5.91 Å². The van der Waals surface area contributed by atoms with Crippen LogP contribution in [0.15, 0.2) is 36.4 Å². The number of methoxy groups -OCH3 is 1. The predicted octanol–water partition coefficient (Wildman–Crippen LogP) is 3.89. The third kappa shape index (κ3) is 3.92. The molecule has 0 aliphatic heterocycles. The number of carbonyl (C=O) groups excluding carboxylic acids is 2. The summed E-state index contributed by atoms with van der Waals surface area (Å²) in [5.74, 6) is -1.76. The van der Waals surface area contributed by atoms with Crippen molar-refractivity contribution in [2.24, 2.45) is 0 Å². The first-order valence-electron chi connectivity index (χ1n) is 7.33. The Morgan fingerprint density at radius 2 is 2.12 bits per heavy atom. The number of aromatic nitrogens is 1. The van der Waals surface area contributed by atoms with Gasteiger partial charge < -0.3 is 9.47 Å². The van der Waals surface area contributed by atoms with Crippen LogP contribution in [0, 0.1) is 5.82 Å². The molecule has 0 spiro atoms. The summed E-state index contributed by atoms with van der Waals surface area (Å²) in [4.78, 5) is 28.1. The summed E-state index contributed by atoms with van der Waals surface area (Å²) in [6.45, 7) is -0.595. The second-order valence-corrected chi connectivity index (χ2v) is 6.51. The van der Waals surface area contributed by atoms with E-state index >= 15 is 0 Å². The van der Waals surface area contributed by atoms with Gasteiger partial charge in [-0.3, -0.25) is 10.1 Å². The topological polar surface area (TPSA) is 77.5 Å². The lowest BCUT2D eigenvalue weighted by Crippen LogP contribution is -2.21. The van der Waals surface area contributed by atoms with Crippen LogP contribution in [-0.4, -0.2) is 30.6 Å². The fourth-order valence-corrected chi connectivity index (χ4v) is 3.29. The number of amides is 1. The third-order valence-corrected chi connectivity index (χ3v) is 4.59. The number of fused-ring (bicyclic) bond motifs is 1. The van der Waals surface area contributed by atoms with Crippen molar-refractivity contribution in [3.05, 3.63) is 52.8 Å². The Morgan fingerprint density at radius 1 is 1.31 bits per heavy atom. The number of hydrogen-bond acceptors (Lipinski definition) is 6. The van der Waals surface area contributed by atoms with Crippen LogP contribution in [0.4, 0.5) is 9.52 Å². The highest BCUT2D eigenvalue weighted by molar-refractivity contribution is 7.22. The van der Waals surface area contributed by atoms with Crippen LogP contribution < -0.4 is 10.1 Å². The van der Waals surface area contributed by atoms with Crippen molar-refractivity contribution in [2.45, 2.75) is 0 Å². The summed E-state index contributed by atoms with van der Waals surface area (Å²) >= 11 is 7.03. The number of carbonyl (C=O) groups is 2. The van der Waals surface area contributed by atoms with E-state index in [1.807, 2.05) is 0 Å². The molecule has 0 aliphatic carbocycles. The van der Waals surface area contributed by atoms with Gasteiger partial charge in [-0.1, -0.05) is 29.0 Å². The summed E-state index contributed by atoms with van der Waals surface area (Å²) in [7, 11) is 1.56. The van der Waals surface area contributed by atoms with Gasteiger partial charge in [0.1, 0.15) is 17.1 Å². The van der Waals surface area contributed by atoms with Gasteiger partial charge in [0.2, 0.25) is 0 Å². The van der Waals surface area contributed by atoms with Crippen LogP contribution in [0.1, 0.15) is 10.4 Å². The van der Waals surface area contributed by atoms with Gasteiger partial charge in [0, 0.05) is 0 Å². The summed E-state index contributed by atoms with van der Waals surface area (Å²) in [5.41, 5.74) is 0.287. The van der Waals surface area contributed by atoms with Crippen molar-refractivity contribution in [1.29, 1.82) is 0 Å². The molecule has 134 valence electrons. The molecule has 2 aromatic carbocycles. The molecule has 0 radical (unpaired) electrons. The van der Waals surface area contributed by atoms with Crippen LogP contribution in [0.5, 0.6) is 5.75 Å². The molecule has 0 bridgehead atoms. The van der Waals surface area contributed by atoms with Crippen molar-refractivity contribution in [2.75, 3.05) is 19.0 Å². The van der Waals surface area contributed by atoms with E-state index in [-0.39, 0.29) is 5.02 Å². The smallest absolute Gasteiger partial charge is 0.343 e. The fourth-order valence-electron chi connectivity index (χ4n) is 2.14. The van der Waals surface area contributed by atoms with Crippen molar-refractivity contribution in [1.82, 2.24) is 4.98 Å². The van der Waals surface area contributed by atoms with E-state index in [0.29, 0.717) is 16.4 Å². The molecule has 9 heteroatoms. The van der Waals surface area contributed by atoms with Crippen LogP contribution in [0.3, 0.4) is 0 Å². The molecule has 0 unspecified atom stereocenters. The van der Waals surface area contributed by atoms with Crippen LogP contribution in [0.2, 0.25) is 5.02 Å². The largest absolute Gasteiger partial charge is 0.497 e. The zero-order valence-electron chi connectivity index (χ0n) is 13.4. The Kier molecular flexibility index (Phi) is 5.34. The van der Waals surface area contributed by atoms with Crippen molar-refractivity contribution < 1.29 is 23.5 Å². The van der Waals surface area contributed by atoms with Gasteiger partial charge in [-0.05, 0) is 30.3 Å². The molecule has 0 atom stereocenters. The van der Waals surface area contributed by atoms with Crippen LogP contribution >= 0.6 is 22.9 Å². The lowest BCUT2D eigenvalue weighted by atomic mass is 10.2. The Labute approximate surface area is 156 Å². The molecule has 26 heavy (non-hydrogen) atoms. The molecule has 0 saturated carbocycles. The van der Waals surface area contributed by atoms with Gasteiger partial charge in [-0.2, -0.15) is 0 Å². The summed E-state index contributed by atoms with van der Waals surface area (Å²) in [6, 6.07) is 9.12. The molecule has 0 fully saturated rings. The summed E-state index contributed by atoms with van der Waals surface area (Å²) in [6.07, 6.45) is 0. The van der Waals surface area contributed by atoms with Crippen molar-refractivity contribution in [3.63, 3.8) is 0 Å². The SMILES string of the molecule is COc1ccc2nc(NC(=O)COC(=O)c3c(F)cccc3Cl)sc2c1. The molecule has 0 saturated heterocycles. The van der Waals surface area contributed by atoms with Crippen LogP contribution in [-0.2, 0) is 9.53 Å². The molecule has 3 rings (SSSR count). The van der Waals surface area contributed by atoms with E-state index in [4.69, 9.17) is 21.1 Å². The number of benzene rings is 2. The monoisotopic (exact) mass is 394 g/mol. The third-order valence-electron chi connectivity index (χ3n) is 3.34. The maximum atomic E-state index is 13.6. The maximum Gasteiger partial charge on any atom is 0.343 e. The number of esters is 1. The van der Waals surface area contributed by atoms with Crippen molar-refractivity contribution in [3.8, 4) is 5.75 Å². The minimum absolute atomic E-state index is 0.0875. The van der Waals surface area contributed by atoms with Crippen molar-refractivity contribution >= 4 is 50.2 Å². The Bertz CT molecular complexity index is 972. The number of nitrogens with one attached hydrogen (secondary N) is 1. The average Bonchev–Trinajstić information content (AvgIpc) is 3.00. The van der Waals surface area contributed by atoms with E-state index in [2.05, 4.69) is 10.3 Å². The number of anilines is 1. The van der Waals surface area contributed by atoms with E-state index in [1.165, 1.54) is 23.5 Å².